The van der Waals surface area contributed by atoms with Crippen molar-refractivity contribution in [2.45, 2.75) is 60.9 Å². The van der Waals surface area contributed by atoms with E-state index in [1.54, 1.807) is 0 Å². The number of β-lactam (4-membered cyclic amide) rings is 1. The minimum Gasteiger partial charge on any atom is -0.479 e. The van der Waals surface area contributed by atoms with E-state index in [0.717, 1.165) is 12.8 Å². The third-order valence-corrected chi connectivity index (χ3v) is 7.11. The Morgan fingerprint density at radius 1 is 1.50 bits per heavy atom. The van der Waals surface area contributed by atoms with Gasteiger partial charge in [0, 0.05) is 6.42 Å². The number of carboxylic acids is 1. The first kappa shape index (κ1) is 14.2. The molecule has 22 heavy (non-hydrogen) atoms. The van der Waals surface area contributed by atoms with Gasteiger partial charge in [-0.15, -0.1) is 11.8 Å². The number of alkyl carbamates (subject to hydrolysis) is 1. The second kappa shape index (κ2) is 4.10. The van der Waals surface area contributed by atoms with Crippen LogP contribution in [0.3, 0.4) is 0 Å². The number of nitrogens with one attached hydrogen (secondary N) is 1. The Hall–Kier alpha value is -1.44. The van der Waals surface area contributed by atoms with Gasteiger partial charge in [-0.2, -0.15) is 0 Å². The van der Waals surface area contributed by atoms with Gasteiger partial charge in [-0.3, -0.25) is 4.79 Å². The van der Waals surface area contributed by atoms with Crippen LogP contribution in [0, 0.1) is 5.92 Å². The number of thioether (sulfide) groups is 1. The molecule has 2 aliphatic carbocycles. The molecule has 0 spiro atoms. The van der Waals surface area contributed by atoms with Gasteiger partial charge in [0.05, 0.1) is 4.75 Å². The third-order valence-electron chi connectivity index (χ3n) is 5.38. The maximum Gasteiger partial charge on any atom is 0.408 e. The molecule has 4 aliphatic rings. The molecule has 4 rings (SSSR count). The molecule has 0 aromatic rings. The van der Waals surface area contributed by atoms with Crippen molar-refractivity contribution >= 4 is 29.7 Å². The van der Waals surface area contributed by atoms with E-state index >= 15 is 0 Å². The van der Waals surface area contributed by atoms with Crippen LogP contribution >= 0.6 is 11.8 Å². The third kappa shape index (κ3) is 1.61. The summed E-state index contributed by atoms with van der Waals surface area (Å²) in [5.74, 6) is -0.846. The summed E-state index contributed by atoms with van der Waals surface area (Å²) in [7, 11) is 0. The maximum atomic E-state index is 12.3. The van der Waals surface area contributed by atoms with Crippen molar-refractivity contribution in [3.63, 3.8) is 0 Å². The van der Waals surface area contributed by atoms with Gasteiger partial charge < -0.3 is 20.1 Å². The molecule has 2 saturated heterocycles. The number of hydrogen-bond acceptors (Lipinski definition) is 5. The van der Waals surface area contributed by atoms with Crippen LogP contribution in [-0.2, 0) is 14.3 Å². The van der Waals surface area contributed by atoms with Gasteiger partial charge in [-0.05, 0) is 32.6 Å². The number of hydrogen-bond donors (Lipinski definition) is 2. The molecule has 4 unspecified atom stereocenters. The Labute approximate surface area is 131 Å². The highest BCUT2D eigenvalue weighted by atomic mass is 32.2. The minimum atomic E-state index is -1.08. The number of carboxylic acid groups (broad SMARTS) is 1. The zero-order valence-electron chi connectivity index (χ0n) is 12.4. The van der Waals surface area contributed by atoms with E-state index in [-0.39, 0.29) is 17.4 Å². The van der Waals surface area contributed by atoms with Crippen molar-refractivity contribution in [2.75, 3.05) is 0 Å². The molecule has 0 aromatic carbocycles. The summed E-state index contributed by atoms with van der Waals surface area (Å²) < 4.78 is 4.82. The van der Waals surface area contributed by atoms with Crippen LogP contribution in [0.2, 0.25) is 0 Å². The highest BCUT2D eigenvalue weighted by Crippen LogP contribution is 2.71. The van der Waals surface area contributed by atoms with E-state index < -0.39 is 28.4 Å². The Morgan fingerprint density at radius 2 is 2.18 bits per heavy atom. The molecule has 2 heterocycles. The summed E-state index contributed by atoms with van der Waals surface area (Å²) in [4.78, 5) is 37.1. The standard InChI is InChI=1S/C14H18N2O5S/c1-6(7-3-4-7)21-12(20)15-8-9(17)16-10(8)22-13(2)5-14(13,16)11(18)19/h6-8,10H,3-5H2,1-2H3,(H,15,20)(H,18,19)/t6?,8?,10-,13?,14?/m1/s1. The number of rotatable bonds is 4. The molecule has 0 radical (unpaired) electrons. The Morgan fingerprint density at radius 3 is 2.77 bits per heavy atom. The van der Waals surface area contributed by atoms with Crippen LogP contribution in [0.5, 0.6) is 0 Å². The molecule has 2 aliphatic heterocycles. The number of ether oxygens (including phenoxy) is 1. The van der Waals surface area contributed by atoms with Gasteiger partial charge in [-0.25, -0.2) is 9.59 Å². The fourth-order valence-electron chi connectivity index (χ4n) is 3.71. The summed E-state index contributed by atoms with van der Waals surface area (Å²) in [6.07, 6.45) is 1.88. The Balaban J connectivity index is 1.41. The molecule has 8 heteroatoms. The lowest BCUT2D eigenvalue weighted by Gasteiger charge is -2.45. The predicted molar refractivity (Wildman–Crippen MR) is 77.2 cm³/mol. The molecule has 2 saturated carbocycles. The zero-order chi connectivity index (χ0) is 15.9. The smallest absolute Gasteiger partial charge is 0.408 e. The molecule has 0 aromatic heterocycles. The topological polar surface area (TPSA) is 95.9 Å². The highest BCUT2D eigenvalue weighted by molar-refractivity contribution is 8.02. The van der Waals surface area contributed by atoms with Crippen molar-refractivity contribution < 1.29 is 24.2 Å². The monoisotopic (exact) mass is 326 g/mol. The summed E-state index contributed by atoms with van der Waals surface area (Å²) in [6.45, 7) is 3.72. The molecule has 0 bridgehead atoms. The number of fused-ring (bicyclic) bond motifs is 3. The largest absolute Gasteiger partial charge is 0.479 e. The maximum absolute atomic E-state index is 12.3. The van der Waals surface area contributed by atoms with Crippen LogP contribution in [0.1, 0.15) is 33.1 Å². The normalized spacial score (nSPS) is 42.8. The molecule has 5 atom stereocenters. The van der Waals surface area contributed by atoms with Crippen LogP contribution in [0.25, 0.3) is 0 Å². The summed E-state index contributed by atoms with van der Waals surface area (Å²) in [5.41, 5.74) is -1.08. The molecule has 2 N–H and O–H groups in total. The first-order valence-electron chi connectivity index (χ1n) is 7.52. The average molecular weight is 326 g/mol. The molecule has 7 nitrogen and oxygen atoms in total. The Bertz CT molecular complexity index is 594. The minimum absolute atomic E-state index is 0.140. The first-order valence-corrected chi connectivity index (χ1v) is 8.40. The van der Waals surface area contributed by atoms with Crippen molar-refractivity contribution in [1.82, 2.24) is 10.2 Å². The lowest BCUT2D eigenvalue weighted by molar-refractivity contribution is -0.162. The van der Waals surface area contributed by atoms with Gasteiger partial charge in [0.2, 0.25) is 5.91 Å². The van der Waals surface area contributed by atoms with Gasteiger partial charge in [0.15, 0.2) is 5.54 Å². The van der Waals surface area contributed by atoms with Gasteiger partial charge >= 0.3 is 12.1 Å². The average Bonchev–Trinajstić information content (AvgIpc) is 3.33. The van der Waals surface area contributed by atoms with E-state index in [4.69, 9.17) is 4.74 Å². The van der Waals surface area contributed by atoms with Crippen LogP contribution < -0.4 is 5.32 Å². The van der Waals surface area contributed by atoms with Gasteiger partial charge in [0.1, 0.15) is 17.5 Å². The first-order chi connectivity index (χ1) is 10.3. The quantitative estimate of drug-likeness (QED) is 0.741. The molecule has 120 valence electrons. The second-order valence-corrected chi connectivity index (χ2v) is 8.48. The van der Waals surface area contributed by atoms with Crippen LogP contribution in [0.4, 0.5) is 4.79 Å². The SMILES string of the molecule is CC(OC(=O)NC1C(=O)N2[C@@H]1SC1(C)CC21C(=O)O)C1CC1. The summed E-state index contributed by atoms with van der Waals surface area (Å²) >= 11 is 1.46. The van der Waals surface area contributed by atoms with E-state index in [0.29, 0.717) is 12.3 Å². The number of carbonyl (C=O) groups excluding carboxylic acids is 2. The van der Waals surface area contributed by atoms with Crippen LogP contribution in [-0.4, -0.2) is 55.8 Å². The summed E-state index contributed by atoms with van der Waals surface area (Å²) in [5, 5.41) is 11.8. The van der Waals surface area contributed by atoms with Crippen molar-refractivity contribution in [3.05, 3.63) is 0 Å². The van der Waals surface area contributed by atoms with Gasteiger partial charge in [0.25, 0.3) is 0 Å². The highest BCUT2D eigenvalue weighted by Gasteiger charge is 2.85. The summed E-state index contributed by atoms with van der Waals surface area (Å²) in [6, 6.07) is -0.676. The van der Waals surface area contributed by atoms with Crippen molar-refractivity contribution in [2.24, 2.45) is 5.92 Å². The number of amides is 2. The number of nitrogens with zero attached hydrogens (tertiary/aromatic N) is 1. The lowest BCUT2D eigenvalue weighted by Crippen LogP contribution is -2.72. The number of aliphatic carboxylic acids is 1. The molecule has 2 amide bonds. The fourth-order valence-corrected chi connectivity index (χ4v) is 5.63. The van der Waals surface area contributed by atoms with Crippen molar-refractivity contribution in [3.8, 4) is 0 Å². The zero-order valence-corrected chi connectivity index (χ0v) is 13.2. The van der Waals surface area contributed by atoms with Crippen LogP contribution in [0.15, 0.2) is 0 Å². The van der Waals surface area contributed by atoms with E-state index in [2.05, 4.69) is 5.32 Å². The molecule has 4 fully saturated rings. The lowest BCUT2D eigenvalue weighted by atomic mass is 10.0. The van der Waals surface area contributed by atoms with E-state index in [1.165, 1.54) is 16.7 Å². The number of carbonyl (C=O) groups is 3. The predicted octanol–water partition coefficient (Wildman–Crippen LogP) is 0.781. The molecular weight excluding hydrogens is 308 g/mol. The van der Waals surface area contributed by atoms with Crippen molar-refractivity contribution in [1.29, 1.82) is 0 Å². The van der Waals surface area contributed by atoms with E-state index in [9.17, 15) is 19.5 Å². The second-order valence-electron chi connectivity index (χ2n) is 6.86. The molecular formula is C14H18N2O5S. The van der Waals surface area contributed by atoms with Gasteiger partial charge in [-0.1, -0.05) is 0 Å². The fraction of sp³-hybridized carbons (Fsp3) is 0.786. The van der Waals surface area contributed by atoms with E-state index in [1.807, 2.05) is 13.8 Å². The Kier molecular flexibility index (Phi) is 2.64.